The second-order valence-electron chi connectivity index (χ2n) is 8.53. The van der Waals surface area contributed by atoms with Gasteiger partial charge in [0.15, 0.2) is 5.96 Å². The number of amidine groups is 1. The fraction of sp³-hybridized carbons (Fsp3) is 0.500. The van der Waals surface area contributed by atoms with Crippen LogP contribution in [0.25, 0.3) is 0 Å². The van der Waals surface area contributed by atoms with Gasteiger partial charge in [-0.2, -0.15) is 0 Å². The van der Waals surface area contributed by atoms with Crippen molar-refractivity contribution in [1.82, 2.24) is 16.0 Å². The smallest absolute Gasteiger partial charge is 0.326 e. The Kier molecular flexibility index (Phi) is 13.1. The van der Waals surface area contributed by atoms with Gasteiger partial charge < -0.3 is 38.3 Å². The minimum atomic E-state index is -1.23. The van der Waals surface area contributed by atoms with E-state index in [0.717, 1.165) is 6.42 Å². The summed E-state index contributed by atoms with van der Waals surface area (Å²) >= 11 is 0. The Morgan fingerprint density at radius 2 is 1.54 bits per heavy atom. The van der Waals surface area contributed by atoms with Crippen LogP contribution in [0.15, 0.2) is 29.3 Å². The van der Waals surface area contributed by atoms with Gasteiger partial charge in [-0.15, -0.1) is 0 Å². The average Bonchev–Trinajstić information content (AvgIpc) is 2.85. The number of carboxylic acids is 1. The zero-order valence-corrected chi connectivity index (χ0v) is 21.3. The lowest BCUT2D eigenvalue weighted by atomic mass is 9.95. The standard InChI is InChI=1S/C24H38N8O5/c1-3-4-6-17(22(35)32-18(23(36)37)7-5-12-30-24(27)28)31-21(34)16(20(33)29-2)13-14-8-10-15(11-9-14)19(25)26/h8-11,16-18H,3-7,12-13H2,1-2H3,(H3,25,26)(H,29,33)(H,31,34)(H,32,35)(H,36,37)(H4,27,28,30)/t16?,17-,18+/m1/s1. The van der Waals surface area contributed by atoms with Crippen LogP contribution in [0.1, 0.15) is 50.2 Å². The predicted octanol–water partition coefficient (Wildman–Crippen LogP) is -0.827. The first-order valence-corrected chi connectivity index (χ1v) is 12.0. The number of carboxylic acid groups (broad SMARTS) is 1. The molecule has 1 aromatic carbocycles. The molecule has 0 bridgehead atoms. The van der Waals surface area contributed by atoms with Crippen molar-refractivity contribution < 1.29 is 24.3 Å². The van der Waals surface area contributed by atoms with Crippen molar-refractivity contribution in [3.05, 3.63) is 35.4 Å². The quantitative estimate of drug-likeness (QED) is 0.0593. The Labute approximate surface area is 216 Å². The van der Waals surface area contributed by atoms with Crippen molar-refractivity contribution in [2.24, 2.45) is 28.1 Å². The van der Waals surface area contributed by atoms with Crippen LogP contribution in [-0.2, 0) is 25.6 Å². The van der Waals surface area contributed by atoms with E-state index in [1.54, 1.807) is 24.3 Å². The van der Waals surface area contributed by atoms with Crippen molar-refractivity contribution in [2.75, 3.05) is 13.6 Å². The van der Waals surface area contributed by atoms with Gasteiger partial charge in [0, 0.05) is 19.2 Å². The third-order valence-corrected chi connectivity index (χ3v) is 5.62. The van der Waals surface area contributed by atoms with Gasteiger partial charge in [0.05, 0.1) is 0 Å². The van der Waals surface area contributed by atoms with E-state index in [1.807, 2.05) is 6.92 Å². The van der Waals surface area contributed by atoms with Crippen molar-refractivity contribution in [3.8, 4) is 0 Å². The van der Waals surface area contributed by atoms with Crippen molar-refractivity contribution >= 4 is 35.5 Å². The Morgan fingerprint density at radius 3 is 2.05 bits per heavy atom. The predicted molar refractivity (Wildman–Crippen MR) is 140 cm³/mol. The molecule has 1 aromatic rings. The Hall–Kier alpha value is -4.16. The number of aliphatic carboxylic acids is 1. The highest BCUT2D eigenvalue weighted by Crippen LogP contribution is 2.13. The molecule has 0 fully saturated rings. The van der Waals surface area contributed by atoms with E-state index in [2.05, 4.69) is 20.9 Å². The summed E-state index contributed by atoms with van der Waals surface area (Å²) in [5.74, 6) is -4.43. The highest BCUT2D eigenvalue weighted by molar-refractivity contribution is 6.02. The number of nitrogens with zero attached hydrogens (tertiary/aromatic N) is 1. The van der Waals surface area contributed by atoms with E-state index in [9.17, 15) is 24.3 Å². The van der Waals surface area contributed by atoms with Crippen LogP contribution < -0.4 is 33.2 Å². The normalized spacial score (nSPS) is 12.9. The summed E-state index contributed by atoms with van der Waals surface area (Å²) in [6, 6.07) is 4.35. The van der Waals surface area contributed by atoms with Gasteiger partial charge in [-0.05, 0) is 31.2 Å². The van der Waals surface area contributed by atoms with Gasteiger partial charge in [0.1, 0.15) is 23.8 Å². The second kappa shape index (κ2) is 15.8. The number of nitrogens with one attached hydrogen (secondary N) is 4. The van der Waals surface area contributed by atoms with E-state index >= 15 is 0 Å². The topological polar surface area (TPSA) is 239 Å². The zero-order valence-electron chi connectivity index (χ0n) is 21.3. The molecule has 204 valence electrons. The Morgan fingerprint density at radius 1 is 0.946 bits per heavy atom. The van der Waals surface area contributed by atoms with E-state index in [4.69, 9.17) is 22.6 Å². The fourth-order valence-corrected chi connectivity index (χ4v) is 3.52. The first-order valence-electron chi connectivity index (χ1n) is 12.0. The number of carbonyl (C=O) groups excluding carboxylic acids is 3. The Bertz CT molecular complexity index is 976. The van der Waals surface area contributed by atoms with Crippen LogP contribution >= 0.6 is 0 Å². The summed E-state index contributed by atoms with van der Waals surface area (Å²) in [5.41, 5.74) is 17.2. The molecule has 3 amide bonds. The number of benzene rings is 1. The molecule has 0 aliphatic heterocycles. The van der Waals surface area contributed by atoms with Gasteiger partial charge in [0.25, 0.3) is 0 Å². The first-order chi connectivity index (χ1) is 17.5. The summed E-state index contributed by atoms with van der Waals surface area (Å²) in [4.78, 5) is 54.1. The third kappa shape index (κ3) is 11.0. The molecule has 0 saturated carbocycles. The summed E-state index contributed by atoms with van der Waals surface area (Å²) in [6.07, 6.45) is 2.06. The lowest BCUT2D eigenvalue weighted by molar-refractivity contribution is -0.142. The molecule has 13 heteroatoms. The molecule has 1 rings (SSSR count). The summed E-state index contributed by atoms with van der Waals surface area (Å²) in [7, 11) is 1.41. The van der Waals surface area contributed by atoms with Gasteiger partial charge in [-0.3, -0.25) is 24.8 Å². The van der Waals surface area contributed by atoms with E-state index < -0.39 is 41.7 Å². The van der Waals surface area contributed by atoms with Gasteiger partial charge >= 0.3 is 5.97 Å². The lowest BCUT2D eigenvalue weighted by Crippen LogP contribution is -2.54. The highest BCUT2D eigenvalue weighted by Gasteiger charge is 2.31. The minimum Gasteiger partial charge on any atom is -0.480 e. The van der Waals surface area contributed by atoms with Gasteiger partial charge in [0.2, 0.25) is 17.7 Å². The van der Waals surface area contributed by atoms with Crippen molar-refractivity contribution in [1.29, 1.82) is 5.41 Å². The number of aliphatic imine (C=N–C) groups is 1. The molecule has 11 N–H and O–H groups in total. The Balaban J connectivity index is 2.99. The number of unbranched alkanes of at least 4 members (excludes halogenated alkanes) is 1. The molecule has 0 aromatic heterocycles. The van der Waals surface area contributed by atoms with E-state index in [1.165, 1.54) is 7.05 Å². The molecular weight excluding hydrogens is 480 g/mol. The van der Waals surface area contributed by atoms with E-state index in [-0.39, 0.29) is 37.6 Å². The summed E-state index contributed by atoms with van der Waals surface area (Å²) in [5, 5.41) is 24.6. The minimum absolute atomic E-state index is 0.0500. The monoisotopic (exact) mass is 518 g/mol. The SMILES string of the molecule is CCCC[C@@H](NC(=O)C(Cc1ccc(C(=N)N)cc1)C(=O)NC)C(=O)N[C@@H](CCCN=C(N)N)C(=O)O. The molecule has 1 unspecified atom stereocenters. The molecule has 0 radical (unpaired) electrons. The number of carbonyl (C=O) groups is 4. The van der Waals surface area contributed by atoms with Gasteiger partial charge in [-0.1, -0.05) is 44.0 Å². The van der Waals surface area contributed by atoms with Crippen LogP contribution in [0.2, 0.25) is 0 Å². The number of nitrogen functional groups attached to an aromatic ring is 1. The third-order valence-electron chi connectivity index (χ3n) is 5.62. The van der Waals surface area contributed by atoms with Gasteiger partial charge in [-0.25, -0.2) is 4.79 Å². The molecule has 0 spiro atoms. The molecule has 3 atom stereocenters. The zero-order chi connectivity index (χ0) is 28.0. The number of amides is 3. The van der Waals surface area contributed by atoms with Crippen LogP contribution in [0.4, 0.5) is 0 Å². The summed E-state index contributed by atoms with van der Waals surface area (Å²) < 4.78 is 0. The molecule has 0 aliphatic carbocycles. The van der Waals surface area contributed by atoms with Crippen molar-refractivity contribution in [2.45, 2.75) is 57.5 Å². The molecule has 0 saturated heterocycles. The maximum atomic E-state index is 13.1. The molecule has 13 nitrogen and oxygen atoms in total. The summed E-state index contributed by atoms with van der Waals surface area (Å²) in [6.45, 7) is 2.12. The van der Waals surface area contributed by atoms with E-state index in [0.29, 0.717) is 24.0 Å². The number of hydrogen-bond acceptors (Lipinski definition) is 6. The second-order valence-corrected chi connectivity index (χ2v) is 8.53. The van der Waals surface area contributed by atoms with Crippen molar-refractivity contribution in [3.63, 3.8) is 0 Å². The average molecular weight is 519 g/mol. The largest absolute Gasteiger partial charge is 0.480 e. The van der Waals surface area contributed by atoms with Crippen LogP contribution in [0, 0.1) is 11.3 Å². The highest BCUT2D eigenvalue weighted by atomic mass is 16.4. The fourth-order valence-electron chi connectivity index (χ4n) is 3.52. The number of rotatable bonds is 16. The molecule has 37 heavy (non-hydrogen) atoms. The van der Waals surface area contributed by atoms with Crippen LogP contribution in [-0.4, -0.2) is 66.3 Å². The first kappa shape index (κ1) is 30.9. The van der Waals surface area contributed by atoms with Crippen LogP contribution in [0.5, 0.6) is 0 Å². The maximum absolute atomic E-state index is 13.1. The lowest BCUT2D eigenvalue weighted by Gasteiger charge is -2.23. The molecule has 0 aliphatic rings. The number of nitrogens with two attached hydrogens (primary N) is 3. The maximum Gasteiger partial charge on any atom is 0.326 e. The molecule has 0 heterocycles. The number of hydrogen-bond donors (Lipinski definition) is 8. The molecular formula is C24H38N8O5. The number of guanidine groups is 1. The van der Waals surface area contributed by atoms with Crippen LogP contribution in [0.3, 0.4) is 0 Å².